The predicted octanol–water partition coefficient (Wildman–Crippen LogP) is 4.71. The summed E-state index contributed by atoms with van der Waals surface area (Å²) in [4.78, 5) is 2.52. The minimum Gasteiger partial charge on any atom is -0.366 e. The Kier molecular flexibility index (Phi) is 5.04. The molecule has 0 spiro atoms. The Morgan fingerprint density at radius 2 is 2.10 bits per heavy atom. The first-order valence-corrected chi connectivity index (χ1v) is 8.45. The van der Waals surface area contributed by atoms with Crippen LogP contribution in [-0.4, -0.2) is 25.2 Å². The molecule has 4 heteroatoms. The van der Waals surface area contributed by atoms with Crippen LogP contribution in [0.5, 0.6) is 0 Å². The smallest absolute Gasteiger partial charge is 0.0549 e. The summed E-state index contributed by atoms with van der Waals surface area (Å²) in [5.74, 6) is 0. The number of piperazine rings is 1. The van der Waals surface area contributed by atoms with Crippen molar-refractivity contribution in [2.24, 2.45) is 5.41 Å². The van der Waals surface area contributed by atoms with Gasteiger partial charge in [0.2, 0.25) is 0 Å². The van der Waals surface area contributed by atoms with Gasteiger partial charge in [-0.2, -0.15) is 0 Å². The van der Waals surface area contributed by atoms with Gasteiger partial charge in [0.1, 0.15) is 0 Å². The molecule has 1 aliphatic rings. The Morgan fingerprint density at radius 1 is 1.40 bits per heavy atom. The fourth-order valence-corrected chi connectivity index (χ4v) is 3.21. The summed E-state index contributed by atoms with van der Waals surface area (Å²) in [5, 5.41) is 4.47. The van der Waals surface area contributed by atoms with Crippen LogP contribution in [0, 0.1) is 5.41 Å². The van der Waals surface area contributed by atoms with E-state index >= 15 is 0 Å². The SMILES string of the molecule is CCC1CNC(C(C)(C)C)CN1c1ccc(Cl)c(Br)c1. The molecule has 0 saturated carbocycles. The van der Waals surface area contributed by atoms with Crippen LogP contribution in [0.25, 0.3) is 0 Å². The second kappa shape index (κ2) is 6.25. The van der Waals surface area contributed by atoms with Crippen molar-refractivity contribution in [3.05, 3.63) is 27.7 Å². The molecule has 1 aromatic carbocycles. The summed E-state index contributed by atoms with van der Waals surface area (Å²) in [5.41, 5.74) is 1.52. The third-order valence-corrected chi connectivity index (χ3v) is 5.39. The van der Waals surface area contributed by atoms with Crippen molar-refractivity contribution < 1.29 is 0 Å². The van der Waals surface area contributed by atoms with Crippen molar-refractivity contribution in [3.8, 4) is 0 Å². The fourth-order valence-electron chi connectivity index (χ4n) is 2.72. The van der Waals surface area contributed by atoms with Gasteiger partial charge in [0.15, 0.2) is 0 Å². The predicted molar refractivity (Wildman–Crippen MR) is 91.8 cm³/mol. The average Bonchev–Trinajstić information content (AvgIpc) is 2.40. The van der Waals surface area contributed by atoms with Crippen molar-refractivity contribution in [2.75, 3.05) is 18.0 Å². The summed E-state index contributed by atoms with van der Waals surface area (Å²) >= 11 is 9.65. The van der Waals surface area contributed by atoms with Gasteiger partial charge in [-0.15, -0.1) is 0 Å². The molecule has 0 amide bonds. The van der Waals surface area contributed by atoms with E-state index < -0.39 is 0 Å². The highest BCUT2D eigenvalue weighted by molar-refractivity contribution is 9.10. The number of rotatable bonds is 2. The quantitative estimate of drug-likeness (QED) is 0.823. The van der Waals surface area contributed by atoms with E-state index in [1.54, 1.807) is 0 Å². The van der Waals surface area contributed by atoms with Crippen molar-refractivity contribution in [3.63, 3.8) is 0 Å². The molecule has 2 rings (SSSR count). The summed E-state index contributed by atoms with van der Waals surface area (Å²) < 4.78 is 0.970. The minimum atomic E-state index is 0.265. The molecule has 1 fully saturated rings. The van der Waals surface area contributed by atoms with Gasteiger partial charge in [0.05, 0.1) is 5.02 Å². The first-order valence-electron chi connectivity index (χ1n) is 7.28. The van der Waals surface area contributed by atoms with E-state index in [0.29, 0.717) is 12.1 Å². The fraction of sp³-hybridized carbons (Fsp3) is 0.625. The highest BCUT2D eigenvalue weighted by Gasteiger charge is 2.33. The van der Waals surface area contributed by atoms with Gasteiger partial charge in [0.25, 0.3) is 0 Å². The number of hydrogen-bond acceptors (Lipinski definition) is 2. The third kappa shape index (κ3) is 3.49. The highest BCUT2D eigenvalue weighted by Crippen LogP contribution is 2.32. The summed E-state index contributed by atoms with van der Waals surface area (Å²) in [6.07, 6.45) is 1.14. The van der Waals surface area contributed by atoms with Gasteiger partial charge < -0.3 is 10.2 Å². The number of hydrogen-bond donors (Lipinski definition) is 1. The summed E-state index contributed by atoms with van der Waals surface area (Å²) in [6.45, 7) is 11.2. The van der Waals surface area contributed by atoms with E-state index in [1.807, 2.05) is 6.07 Å². The second-order valence-electron chi connectivity index (χ2n) is 6.64. The molecule has 0 bridgehead atoms. The molecule has 1 aromatic rings. The van der Waals surface area contributed by atoms with E-state index in [1.165, 1.54) is 5.69 Å². The van der Waals surface area contributed by atoms with Gasteiger partial charge in [0, 0.05) is 35.3 Å². The maximum atomic E-state index is 6.11. The van der Waals surface area contributed by atoms with Crippen molar-refractivity contribution >= 4 is 33.2 Å². The molecule has 112 valence electrons. The van der Waals surface area contributed by atoms with Crippen LogP contribution in [0.1, 0.15) is 34.1 Å². The summed E-state index contributed by atoms with van der Waals surface area (Å²) in [7, 11) is 0. The molecular formula is C16H24BrClN2. The van der Waals surface area contributed by atoms with Crippen molar-refractivity contribution in [2.45, 2.75) is 46.2 Å². The van der Waals surface area contributed by atoms with Crippen LogP contribution in [0.4, 0.5) is 5.69 Å². The Bertz CT molecular complexity index is 470. The first-order chi connectivity index (χ1) is 9.32. The van der Waals surface area contributed by atoms with Crippen LogP contribution in [0.15, 0.2) is 22.7 Å². The van der Waals surface area contributed by atoms with Crippen LogP contribution in [-0.2, 0) is 0 Å². The Labute approximate surface area is 136 Å². The third-order valence-electron chi connectivity index (χ3n) is 4.17. The van der Waals surface area contributed by atoms with Crippen molar-refractivity contribution in [1.82, 2.24) is 5.32 Å². The van der Waals surface area contributed by atoms with Crippen molar-refractivity contribution in [1.29, 1.82) is 0 Å². The number of anilines is 1. The molecule has 1 aliphatic heterocycles. The van der Waals surface area contributed by atoms with Crippen LogP contribution < -0.4 is 10.2 Å². The Hall–Kier alpha value is -0.250. The normalized spacial score (nSPS) is 24.0. The van der Waals surface area contributed by atoms with E-state index in [4.69, 9.17) is 11.6 Å². The maximum absolute atomic E-state index is 6.11. The molecule has 1 N–H and O–H groups in total. The lowest BCUT2D eigenvalue weighted by molar-refractivity contribution is 0.233. The monoisotopic (exact) mass is 358 g/mol. The van der Waals surface area contributed by atoms with E-state index in [-0.39, 0.29) is 5.41 Å². The molecule has 1 heterocycles. The molecule has 20 heavy (non-hydrogen) atoms. The Balaban J connectivity index is 2.27. The van der Waals surface area contributed by atoms with Crippen LogP contribution in [0.3, 0.4) is 0 Å². The standard InChI is InChI=1S/C16H24BrClN2/c1-5-11-9-19-15(16(2,3)4)10-20(11)12-6-7-14(18)13(17)8-12/h6-8,11,15,19H,5,9-10H2,1-4H3. The molecule has 0 aliphatic carbocycles. The molecule has 2 atom stereocenters. The lowest BCUT2D eigenvalue weighted by Crippen LogP contribution is -2.60. The number of nitrogens with zero attached hydrogens (tertiary/aromatic N) is 1. The number of benzene rings is 1. The van der Waals surface area contributed by atoms with Gasteiger partial charge in [-0.1, -0.05) is 39.3 Å². The molecule has 1 saturated heterocycles. The lowest BCUT2D eigenvalue weighted by atomic mass is 9.84. The number of halogens is 2. The van der Waals surface area contributed by atoms with Crippen LogP contribution >= 0.6 is 27.5 Å². The highest BCUT2D eigenvalue weighted by atomic mass is 79.9. The largest absolute Gasteiger partial charge is 0.366 e. The van der Waals surface area contributed by atoms with Crippen LogP contribution in [0.2, 0.25) is 5.02 Å². The van der Waals surface area contributed by atoms with Gasteiger partial charge >= 0.3 is 0 Å². The second-order valence-corrected chi connectivity index (χ2v) is 7.90. The van der Waals surface area contributed by atoms with Gasteiger partial charge in [-0.3, -0.25) is 0 Å². The van der Waals surface area contributed by atoms with Gasteiger partial charge in [-0.05, 0) is 46.0 Å². The summed E-state index contributed by atoms with van der Waals surface area (Å²) in [6, 6.07) is 7.28. The maximum Gasteiger partial charge on any atom is 0.0549 e. The first kappa shape index (κ1) is 16.1. The molecule has 0 radical (unpaired) electrons. The molecule has 2 nitrogen and oxygen atoms in total. The number of nitrogens with one attached hydrogen (secondary N) is 1. The van der Waals surface area contributed by atoms with E-state index in [9.17, 15) is 0 Å². The minimum absolute atomic E-state index is 0.265. The Morgan fingerprint density at radius 3 is 2.65 bits per heavy atom. The molecule has 2 unspecified atom stereocenters. The molecular weight excluding hydrogens is 336 g/mol. The van der Waals surface area contributed by atoms with Gasteiger partial charge in [-0.25, -0.2) is 0 Å². The molecule has 0 aromatic heterocycles. The zero-order chi connectivity index (χ0) is 14.9. The lowest BCUT2D eigenvalue weighted by Gasteiger charge is -2.46. The van der Waals surface area contributed by atoms with E-state index in [0.717, 1.165) is 29.0 Å². The topological polar surface area (TPSA) is 15.3 Å². The zero-order valence-electron chi connectivity index (χ0n) is 12.7. The average molecular weight is 360 g/mol. The van der Waals surface area contributed by atoms with E-state index in [2.05, 4.69) is 66.0 Å². The zero-order valence-corrected chi connectivity index (χ0v) is 15.1.